The summed E-state index contributed by atoms with van der Waals surface area (Å²) >= 11 is 0. The smallest absolute Gasteiger partial charge is 0.184 e. The number of carbonyl (C=O) groups is 1. The summed E-state index contributed by atoms with van der Waals surface area (Å²) in [4.78, 5) is 20.5. The van der Waals surface area contributed by atoms with E-state index in [0.29, 0.717) is 40.8 Å². The van der Waals surface area contributed by atoms with Crippen LogP contribution in [0.5, 0.6) is 5.75 Å². The molecule has 2 heterocycles. The molecule has 3 rings (SSSR count). The number of nitrogens with zero attached hydrogens (tertiary/aromatic N) is 4. The van der Waals surface area contributed by atoms with Crippen molar-refractivity contribution in [3.05, 3.63) is 42.4 Å². The molecule has 2 aromatic heterocycles. The first-order valence-electron chi connectivity index (χ1n) is 8.12. The van der Waals surface area contributed by atoms with Crippen LogP contribution in [-0.2, 0) is 7.05 Å². The van der Waals surface area contributed by atoms with Crippen LogP contribution in [0.4, 0.5) is 17.2 Å². The molecule has 3 aromatic rings. The van der Waals surface area contributed by atoms with Crippen molar-refractivity contribution < 1.29 is 9.53 Å². The third-order valence-corrected chi connectivity index (χ3v) is 3.88. The van der Waals surface area contributed by atoms with Gasteiger partial charge in [0.2, 0.25) is 0 Å². The molecular formula is C18H20N6O2. The number of nitrogens with two attached hydrogens (primary N) is 1. The minimum Gasteiger partial charge on any atom is -0.494 e. The molecule has 0 unspecified atom stereocenters. The number of ketones is 1. The molecule has 8 nitrogen and oxygen atoms in total. The number of hydrogen-bond donors (Lipinski definition) is 2. The summed E-state index contributed by atoms with van der Waals surface area (Å²) in [5.41, 5.74) is 8.27. The van der Waals surface area contributed by atoms with E-state index in [1.54, 1.807) is 38.2 Å². The van der Waals surface area contributed by atoms with E-state index in [-0.39, 0.29) is 5.78 Å². The van der Waals surface area contributed by atoms with Crippen molar-refractivity contribution in [3.8, 4) is 17.1 Å². The highest BCUT2D eigenvalue weighted by Crippen LogP contribution is 2.37. The van der Waals surface area contributed by atoms with Crippen LogP contribution in [0.1, 0.15) is 23.7 Å². The highest BCUT2D eigenvalue weighted by Gasteiger charge is 2.17. The second-order valence-corrected chi connectivity index (χ2v) is 5.68. The number of rotatable bonds is 6. The SMILES string of the molecule is CCC(=O)c1cnc(N)cc1Nc1cccc(-c2ncn(C)n2)c1OC. The molecule has 3 N–H and O–H groups in total. The van der Waals surface area contributed by atoms with Gasteiger partial charge in [0.25, 0.3) is 0 Å². The van der Waals surface area contributed by atoms with Crippen LogP contribution in [-0.4, -0.2) is 32.6 Å². The quantitative estimate of drug-likeness (QED) is 0.657. The Morgan fingerprint density at radius 1 is 1.31 bits per heavy atom. The predicted molar refractivity (Wildman–Crippen MR) is 99.5 cm³/mol. The fourth-order valence-electron chi connectivity index (χ4n) is 2.63. The van der Waals surface area contributed by atoms with Gasteiger partial charge in [0.15, 0.2) is 17.4 Å². The number of methoxy groups -OCH3 is 1. The summed E-state index contributed by atoms with van der Waals surface area (Å²) in [5, 5.41) is 7.56. The molecule has 0 saturated carbocycles. The van der Waals surface area contributed by atoms with Crippen molar-refractivity contribution >= 4 is 23.0 Å². The Balaban J connectivity index is 2.06. The maximum absolute atomic E-state index is 12.2. The lowest BCUT2D eigenvalue weighted by Crippen LogP contribution is -2.06. The first kappa shape index (κ1) is 17.4. The molecule has 134 valence electrons. The highest BCUT2D eigenvalue weighted by atomic mass is 16.5. The lowest BCUT2D eigenvalue weighted by molar-refractivity contribution is 0.0988. The molecule has 0 aliphatic heterocycles. The zero-order valence-electron chi connectivity index (χ0n) is 14.9. The van der Waals surface area contributed by atoms with Crippen LogP contribution in [0, 0.1) is 0 Å². The summed E-state index contributed by atoms with van der Waals surface area (Å²) in [5.74, 6) is 1.42. The van der Waals surface area contributed by atoms with Gasteiger partial charge in [-0.1, -0.05) is 13.0 Å². The van der Waals surface area contributed by atoms with E-state index in [1.165, 1.54) is 6.20 Å². The molecule has 0 fully saturated rings. The van der Waals surface area contributed by atoms with Gasteiger partial charge in [0, 0.05) is 25.7 Å². The maximum atomic E-state index is 12.2. The lowest BCUT2D eigenvalue weighted by atomic mass is 10.1. The van der Waals surface area contributed by atoms with Gasteiger partial charge >= 0.3 is 0 Å². The Hall–Kier alpha value is -3.42. The second-order valence-electron chi connectivity index (χ2n) is 5.68. The van der Waals surface area contributed by atoms with E-state index in [4.69, 9.17) is 10.5 Å². The molecule has 0 aliphatic rings. The van der Waals surface area contributed by atoms with Crippen molar-refractivity contribution in [2.45, 2.75) is 13.3 Å². The van der Waals surface area contributed by atoms with E-state index in [9.17, 15) is 4.79 Å². The number of ether oxygens (including phenoxy) is 1. The number of nitrogen functional groups attached to an aromatic ring is 1. The molecule has 1 aromatic carbocycles. The van der Waals surface area contributed by atoms with Crippen LogP contribution in [0.15, 0.2) is 36.8 Å². The number of carbonyl (C=O) groups excluding carboxylic acids is 1. The van der Waals surface area contributed by atoms with Gasteiger partial charge in [0.05, 0.1) is 29.6 Å². The predicted octanol–water partition coefficient (Wildman–Crippen LogP) is 2.80. The average molecular weight is 352 g/mol. The zero-order chi connectivity index (χ0) is 18.7. The van der Waals surface area contributed by atoms with Gasteiger partial charge in [-0.05, 0) is 12.1 Å². The second kappa shape index (κ2) is 7.22. The average Bonchev–Trinajstić information content (AvgIpc) is 3.07. The minimum absolute atomic E-state index is 0.0264. The molecule has 8 heteroatoms. The summed E-state index contributed by atoms with van der Waals surface area (Å²) < 4.78 is 7.21. The standard InChI is InChI=1S/C18H20N6O2/c1-4-15(25)12-9-20-16(19)8-14(12)22-13-7-5-6-11(17(13)26-3)18-21-10-24(2)23-18/h5-10H,4H2,1-3H3,(H3,19,20,22). The minimum atomic E-state index is -0.0264. The van der Waals surface area contributed by atoms with Crippen molar-refractivity contribution in [2.24, 2.45) is 7.05 Å². The van der Waals surface area contributed by atoms with Gasteiger partial charge in [-0.3, -0.25) is 9.48 Å². The topological polar surface area (TPSA) is 108 Å². The molecule has 0 aliphatic carbocycles. The highest BCUT2D eigenvalue weighted by molar-refractivity contribution is 6.02. The molecule has 0 amide bonds. The Labute approximate surface area is 151 Å². The fourth-order valence-corrected chi connectivity index (χ4v) is 2.63. The number of para-hydroxylation sites is 1. The Kier molecular flexibility index (Phi) is 4.83. The number of Topliss-reactive ketones (excluding diaryl/α,β-unsaturated/α-hetero) is 1. The van der Waals surface area contributed by atoms with E-state index in [1.807, 2.05) is 18.2 Å². The van der Waals surface area contributed by atoms with Crippen molar-refractivity contribution in [2.75, 3.05) is 18.2 Å². The molecular weight excluding hydrogens is 332 g/mol. The van der Waals surface area contributed by atoms with Gasteiger partial charge in [-0.15, -0.1) is 0 Å². The van der Waals surface area contributed by atoms with Crippen molar-refractivity contribution in [1.82, 2.24) is 19.7 Å². The lowest BCUT2D eigenvalue weighted by Gasteiger charge is -2.16. The first-order chi connectivity index (χ1) is 12.5. The Morgan fingerprint density at radius 2 is 2.12 bits per heavy atom. The largest absolute Gasteiger partial charge is 0.494 e. The van der Waals surface area contributed by atoms with E-state index in [2.05, 4.69) is 20.4 Å². The van der Waals surface area contributed by atoms with Gasteiger partial charge < -0.3 is 15.8 Å². The molecule has 0 radical (unpaired) electrons. The van der Waals surface area contributed by atoms with Crippen LogP contribution in [0.25, 0.3) is 11.4 Å². The van der Waals surface area contributed by atoms with Crippen molar-refractivity contribution in [1.29, 1.82) is 0 Å². The van der Waals surface area contributed by atoms with Gasteiger partial charge in [-0.2, -0.15) is 5.10 Å². The number of hydrogen-bond acceptors (Lipinski definition) is 7. The summed E-state index contributed by atoms with van der Waals surface area (Å²) in [6, 6.07) is 7.22. The van der Waals surface area contributed by atoms with Crippen molar-refractivity contribution in [3.63, 3.8) is 0 Å². The summed E-state index contributed by atoms with van der Waals surface area (Å²) in [6.07, 6.45) is 3.48. The number of aryl methyl sites for hydroxylation is 1. The maximum Gasteiger partial charge on any atom is 0.184 e. The normalized spacial score (nSPS) is 10.6. The third kappa shape index (κ3) is 3.34. The summed E-state index contributed by atoms with van der Waals surface area (Å²) in [7, 11) is 3.37. The molecule has 0 spiro atoms. The van der Waals surface area contributed by atoms with E-state index in [0.717, 1.165) is 5.56 Å². The monoisotopic (exact) mass is 352 g/mol. The molecule has 0 atom stereocenters. The zero-order valence-corrected chi connectivity index (χ0v) is 14.9. The van der Waals surface area contributed by atoms with Crippen LogP contribution >= 0.6 is 0 Å². The number of aromatic nitrogens is 4. The number of nitrogens with one attached hydrogen (secondary N) is 1. The third-order valence-electron chi connectivity index (χ3n) is 3.88. The van der Waals surface area contributed by atoms with Gasteiger partial charge in [-0.25, -0.2) is 9.97 Å². The summed E-state index contributed by atoms with van der Waals surface area (Å²) in [6.45, 7) is 1.80. The Morgan fingerprint density at radius 3 is 2.77 bits per heavy atom. The fraction of sp³-hybridized carbons (Fsp3) is 0.222. The van der Waals surface area contributed by atoms with E-state index >= 15 is 0 Å². The van der Waals surface area contributed by atoms with E-state index < -0.39 is 0 Å². The van der Waals surface area contributed by atoms with Crippen LogP contribution < -0.4 is 15.8 Å². The van der Waals surface area contributed by atoms with Gasteiger partial charge in [0.1, 0.15) is 12.1 Å². The molecule has 26 heavy (non-hydrogen) atoms. The number of anilines is 3. The van der Waals surface area contributed by atoms with Crippen LogP contribution in [0.2, 0.25) is 0 Å². The molecule has 0 bridgehead atoms. The first-order valence-corrected chi connectivity index (χ1v) is 8.12. The molecule has 0 saturated heterocycles. The number of benzene rings is 1. The Bertz CT molecular complexity index is 951. The van der Waals surface area contributed by atoms with Crippen LogP contribution in [0.3, 0.4) is 0 Å². The number of pyridine rings is 1.